The van der Waals surface area contributed by atoms with Gasteiger partial charge in [-0.15, -0.1) is 0 Å². The summed E-state index contributed by atoms with van der Waals surface area (Å²) < 4.78 is 23.6. The summed E-state index contributed by atoms with van der Waals surface area (Å²) in [4.78, 5) is 12.3. The van der Waals surface area contributed by atoms with Crippen molar-refractivity contribution >= 4 is 33.4 Å². The highest BCUT2D eigenvalue weighted by Gasteiger charge is 2.37. The van der Waals surface area contributed by atoms with E-state index in [4.69, 9.17) is 9.97 Å². The van der Waals surface area contributed by atoms with Crippen LogP contribution in [0.2, 0.25) is 0 Å². The second-order valence-electron chi connectivity index (χ2n) is 6.76. The molecule has 0 saturated carbocycles. The highest BCUT2D eigenvalue weighted by Crippen LogP contribution is 2.60. The zero-order valence-electron chi connectivity index (χ0n) is 14.7. The van der Waals surface area contributed by atoms with Crippen molar-refractivity contribution < 1.29 is 9.11 Å². The molecule has 3 aromatic rings. The summed E-state index contributed by atoms with van der Waals surface area (Å²) in [5, 5.41) is 4.16. The summed E-state index contributed by atoms with van der Waals surface area (Å²) >= 11 is 0. The molecule has 3 N–H and O–H groups in total. The molecule has 1 aromatic heterocycles. The molecule has 1 saturated heterocycles. The Morgan fingerprint density at radius 3 is 2.48 bits per heavy atom. The van der Waals surface area contributed by atoms with Crippen LogP contribution in [0.5, 0.6) is 0 Å². The van der Waals surface area contributed by atoms with Gasteiger partial charge in [0, 0.05) is 31.6 Å². The summed E-state index contributed by atoms with van der Waals surface area (Å²) in [6.07, 6.45) is 0. The topological polar surface area (TPSA) is 84.8 Å². The Morgan fingerprint density at radius 1 is 0.926 bits per heavy atom. The molecule has 8 heteroatoms. The van der Waals surface area contributed by atoms with Crippen molar-refractivity contribution in [2.75, 3.05) is 35.4 Å². The van der Waals surface area contributed by atoms with E-state index in [-0.39, 0.29) is 0 Å². The lowest BCUT2D eigenvalue weighted by molar-refractivity contribution is 0.487. The van der Waals surface area contributed by atoms with Crippen molar-refractivity contribution in [1.82, 2.24) is 15.3 Å². The van der Waals surface area contributed by atoms with Gasteiger partial charge < -0.3 is 10.2 Å². The van der Waals surface area contributed by atoms with Gasteiger partial charge in [0.2, 0.25) is 5.95 Å². The standard InChI is InChI=1S/C19H21N5O2S/c25-27(26)17-8-4-1-5-14(17)13-24(27)18-15-6-2-3-7-16(15)21-19(22-18)23-11-9-20-10-12-23/h1-8,20,25-26H,9-13H2. The van der Waals surface area contributed by atoms with E-state index in [1.165, 1.54) is 0 Å². The number of aromatic nitrogens is 2. The van der Waals surface area contributed by atoms with E-state index in [1.54, 1.807) is 10.4 Å². The highest BCUT2D eigenvalue weighted by atomic mass is 32.3. The molecule has 0 amide bonds. The smallest absolute Gasteiger partial charge is 0.228 e. The van der Waals surface area contributed by atoms with Crippen LogP contribution < -0.4 is 14.5 Å². The molecule has 7 nitrogen and oxygen atoms in total. The fraction of sp³-hybridized carbons (Fsp3) is 0.263. The number of para-hydroxylation sites is 1. The normalized spacial score (nSPS) is 19.9. The maximum absolute atomic E-state index is 11.0. The Hall–Kier alpha value is -2.39. The van der Waals surface area contributed by atoms with E-state index >= 15 is 0 Å². The number of hydrogen-bond donors (Lipinski definition) is 3. The molecule has 0 bridgehead atoms. The fourth-order valence-corrected chi connectivity index (χ4v) is 5.39. The lowest BCUT2D eigenvalue weighted by Gasteiger charge is -2.38. The van der Waals surface area contributed by atoms with Gasteiger partial charge in [-0.05, 0) is 23.8 Å². The number of benzene rings is 2. The first kappa shape index (κ1) is 16.8. The number of nitrogens with one attached hydrogen (secondary N) is 1. The van der Waals surface area contributed by atoms with Crippen LogP contribution in [0.1, 0.15) is 5.56 Å². The van der Waals surface area contributed by atoms with Crippen molar-refractivity contribution in [2.45, 2.75) is 11.4 Å². The van der Waals surface area contributed by atoms with Crippen molar-refractivity contribution in [1.29, 1.82) is 0 Å². The van der Waals surface area contributed by atoms with Gasteiger partial charge in [0.15, 0.2) is 5.82 Å². The van der Waals surface area contributed by atoms with E-state index in [1.807, 2.05) is 42.5 Å². The molecule has 2 aromatic carbocycles. The van der Waals surface area contributed by atoms with Crippen molar-refractivity contribution in [3.63, 3.8) is 0 Å². The van der Waals surface area contributed by atoms with Crippen LogP contribution in [0.4, 0.5) is 11.8 Å². The first-order chi connectivity index (χ1) is 13.1. The molecule has 1 fully saturated rings. The summed E-state index contributed by atoms with van der Waals surface area (Å²) in [5.41, 5.74) is 1.73. The van der Waals surface area contributed by atoms with Crippen LogP contribution in [0.15, 0.2) is 53.4 Å². The van der Waals surface area contributed by atoms with E-state index < -0.39 is 10.8 Å². The third-order valence-corrected chi connectivity index (χ3v) is 7.00. The molecule has 5 rings (SSSR count). The molecule has 2 aliphatic rings. The number of rotatable bonds is 2. The summed E-state index contributed by atoms with van der Waals surface area (Å²) in [7, 11) is -3.13. The molecule has 3 heterocycles. The lowest BCUT2D eigenvalue weighted by atomic mass is 10.2. The Bertz CT molecular complexity index is 1010. The van der Waals surface area contributed by atoms with Gasteiger partial charge in [-0.1, -0.05) is 41.1 Å². The molecule has 2 aliphatic heterocycles. The zero-order valence-corrected chi connectivity index (χ0v) is 15.6. The minimum atomic E-state index is -3.13. The number of fused-ring (bicyclic) bond motifs is 2. The maximum atomic E-state index is 11.0. The van der Waals surface area contributed by atoms with Crippen LogP contribution in [-0.2, 0) is 6.54 Å². The first-order valence-corrected chi connectivity index (χ1v) is 10.5. The van der Waals surface area contributed by atoms with Crippen LogP contribution in [0, 0.1) is 0 Å². The number of hydrogen-bond acceptors (Lipinski definition) is 7. The number of anilines is 2. The monoisotopic (exact) mass is 383 g/mol. The molecule has 0 atom stereocenters. The first-order valence-electron chi connectivity index (χ1n) is 9.01. The second-order valence-corrected chi connectivity index (χ2v) is 8.68. The number of nitrogens with zero attached hydrogens (tertiary/aromatic N) is 4. The quantitative estimate of drug-likeness (QED) is 0.627. The van der Waals surface area contributed by atoms with Gasteiger partial charge in [0.25, 0.3) is 0 Å². The molecule has 0 unspecified atom stereocenters. The zero-order chi connectivity index (χ0) is 18.4. The van der Waals surface area contributed by atoms with E-state index in [0.29, 0.717) is 23.2 Å². The molecule has 140 valence electrons. The molecule has 0 spiro atoms. The van der Waals surface area contributed by atoms with Gasteiger partial charge in [0.05, 0.1) is 17.0 Å². The largest absolute Gasteiger partial charge is 0.338 e. The van der Waals surface area contributed by atoms with Crippen LogP contribution in [-0.4, -0.2) is 45.3 Å². The summed E-state index contributed by atoms with van der Waals surface area (Å²) in [6.45, 7) is 3.84. The summed E-state index contributed by atoms with van der Waals surface area (Å²) in [6, 6.07) is 15.2. The average Bonchev–Trinajstić information content (AvgIpc) is 2.99. The van der Waals surface area contributed by atoms with E-state index in [9.17, 15) is 9.11 Å². The molecule has 0 radical (unpaired) electrons. The predicted molar refractivity (Wildman–Crippen MR) is 108 cm³/mol. The van der Waals surface area contributed by atoms with Crippen LogP contribution in [0.25, 0.3) is 10.9 Å². The fourth-order valence-electron chi connectivity index (χ4n) is 3.70. The van der Waals surface area contributed by atoms with Crippen molar-refractivity contribution in [3.05, 3.63) is 54.1 Å². The second kappa shape index (κ2) is 6.35. The average molecular weight is 383 g/mol. The summed E-state index contributed by atoms with van der Waals surface area (Å²) in [5.74, 6) is 1.21. The SMILES string of the molecule is OS1(O)c2ccccc2CN1c1nc(N2CCNCC2)nc2ccccc12. The van der Waals surface area contributed by atoms with Crippen molar-refractivity contribution in [3.8, 4) is 0 Å². The van der Waals surface area contributed by atoms with E-state index in [2.05, 4.69) is 10.2 Å². The minimum absolute atomic E-state index is 0.417. The third-order valence-electron chi connectivity index (χ3n) is 5.10. The third kappa shape index (κ3) is 2.72. The van der Waals surface area contributed by atoms with Gasteiger partial charge in [-0.3, -0.25) is 9.11 Å². The molecular weight excluding hydrogens is 362 g/mol. The minimum Gasteiger partial charge on any atom is -0.338 e. The van der Waals surface area contributed by atoms with Gasteiger partial charge in [-0.2, -0.15) is 4.98 Å². The van der Waals surface area contributed by atoms with Gasteiger partial charge in [-0.25, -0.2) is 9.29 Å². The Balaban J connectivity index is 1.66. The predicted octanol–water partition coefficient (Wildman–Crippen LogP) is 3.08. The van der Waals surface area contributed by atoms with Gasteiger partial charge >= 0.3 is 0 Å². The maximum Gasteiger partial charge on any atom is 0.228 e. The molecule has 27 heavy (non-hydrogen) atoms. The highest BCUT2D eigenvalue weighted by molar-refractivity contribution is 8.25. The molecular formula is C19H21N5O2S. The van der Waals surface area contributed by atoms with Crippen molar-refractivity contribution in [2.24, 2.45) is 0 Å². The Kier molecular flexibility index (Phi) is 3.94. The number of piperazine rings is 1. The Morgan fingerprint density at radius 2 is 1.67 bits per heavy atom. The van der Waals surface area contributed by atoms with Gasteiger partial charge in [0.1, 0.15) is 0 Å². The van der Waals surface area contributed by atoms with Crippen LogP contribution >= 0.6 is 10.8 Å². The molecule has 0 aliphatic carbocycles. The Labute approximate surface area is 159 Å². The van der Waals surface area contributed by atoms with E-state index in [0.717, 1.165) is 42.6 Å². The lowest BCUT2D eigenvalue weighted by Crippen LogP contribution is -2.44. The van der Waals surface area contributed by atoms with Crippen LogP contribution in [0.3, 0.4) is 0 Å².